The Kier molecular flexibility index (Phi) is 4.82. The number of nitrogens with zero attached hydrogens (tertiary/aromatic N) is 5. The number of benzene rings is 1. The van der Waals surface area contributed by atoms with E-state index in [1.807, 2.05) is 41.3 Å². The molecule has 0 saturated carbocycles. The van der Waals surface area contributed by atoms with E-state index in [0.717, 1.165) is 18.4 Å². The van der Waals surface area contributed by atoms with Crippen LogP contribution in [0.4, 0.5) is 0 Å². The average Bonchev–Trinajstić information content (AvgIpc) is 3.25. The minimum absolute atomic E-state index is 0.0741. The Balaban J connectivity index is 1.40. The SMILES string of the molecule is O=C(c1ccccc1)N1CCC(Cn2nc(-n3cccn3)ccc2=O)CC1. The summed E-state index contributed by atoms with van der Waals surface area (Å²) in [5, 5.41) is 8.59. The molecule has 1 aromatic carbocycles. The largest absolute Gasteiger partial charge is 0.339 e. The first kappa shape index (κ1) is 17.2. The molecule has 0 radical (unpaired) electrons. The predicted molar refractivity (Wildman–Crippen MR) is 101 cm³/mol. The van der Waals surface area contributed by atoms with Gasteiger partial charge in [0.1, 0.15) is 0 Å². The molecule has 1 aliphatic heterocycles. The minimum Gasteiger partial charge on any atom is -0.339 e. The van der Waals surface area contributed by atoms with Crippen molar-refractivity contribution in [2.45, 2.75) is 19.4 Å². The fourth-order valence-corrected chi connectivity index (χ4v) is 3.42. The lowest BCUT2D eigenvalue weighted by molar-refractivity contribution is 0.0680. The molecule has 7 nitrogen and oxygen atoms in total. The van der Waals surface area contributed by atoms with Crippen LogP contribution in [0.5, 0.6) is 0 Å². The Morgan fingerprint density at radius 1 is 1.04 bits per heavy atom. The zero-order valence-electron chi connectivity index (χ0n) is 14.9. The first-order valence-corrected chi connectivity index (χ1v) is 9.13. The van der Waals surface area contributed by atoms with Crippen molar-refractivity contribution in [2.75, 3.05) is 13.1 Å². The molecule has 1 fully saturated rings. The second kappa shape index (κ2) is 7.57. The molecule has 138 valence electrons. The van der Waals surface area contributed by atoms with E-state index < -0.39 is 0 Å². The van der Waals surface area contributed by atoms with Crippen LogP contribution < -0.4 is 5.56 Å². The third kappa shape index (κ3) is 3.81. The third-order valence-electron chi connectivity index (χ3n) is 4.95. The van der Waals surface area contributed by atoms with Crippen molar-refractivity contribution in [3.63, 3.8) is 0 Å². The molecule has 1 aliphatic rings. The Labute approximate surface area is 156 Å². The van der Waals surface area contributed by atoms with E-state index in [1.54, 1.807) is 23.1 Å². The van der Waals surface area contributed by atoms with Gasteiger partial charge < -0.3 is 4.90 Å². The third-order valence-corrected chi connectivity index (χ3v) is 4.95. The molecule has 3 heterocycles. The van der Waals surface area contributed by atoms with Crippen molar-refractivity contribution >= 4 is 5.91 Å². The molecule has 3 aromatic rings. The van der Waals surface area contributed by atoms with Crippen LogP contribution in [0.2, 0.25) is 0 Å². The molecule has 0 unspecified atom stereocenters. The predicted octanol–water partition coefficient (Wildman–Crippen LogP) is 1.98. The summed E-state index contributed by atoms with van der Waals surface area (Å²) in [6.07, 6.45) is 5.19. The van der Waals surface area contributed by atoms with Gasteiger partial charge in [-0.15, -0.1) is 5.10 Å². The van der Waals surface area contributed by atoms with Crippen molar-refractivity contribution in [2.24, 2.45) is 5.92 Å². The van der Waals surface area contributed by atoms with Crippen LogP contribution in [0, 0.1) is 5.92 Å². The summed E-state index contributed by atoms with van der Waals surface area (Å²) in [5.41, 5.74) is 0.606. The quantitative estimate of drug-likeness (QED) is 0.710. The first-order chi connectivity index (χ1) is 13.2. The Bertz CT molecular complexity index is 958. The van der Waals surface area contributed by atoms with E-state index in [4.69, 9.17) is 0 Å². The van der Waals surface area contributed by atoms with E-state index >= 15 is 0 Å². The van der Waals surface area contributed by atoms with Gasteiger partial charge in [0.05, 0.1) is 0 Å². The Morgan fingerprint density at radius 2 is 1.81 bits per heavy atom. The highest BCUT2D eigenvalue weighted by Crippen LogP contribution is 2.20. The van der Waals surface area contributed by atoms with Crippen molar-refractivity contribution in [3.8, 4) is 5.82 Å². The number of likely N-dealkylation sites (tertiary alicyclic amines) is 1. The van der Waals surface area contributed by atoms with Crippen molar-refractivity contribution < 1.29 is 4.79 Å². The molecule has 1 saturated heterocycles. The average molecular weight is 363 g/mol. The smallest absolute Gasteiger partial charge is 0.266 e. The van der Waals surface area contributed by atoms with Gasteiger partial charge in [-0.1, -0.05) is 18.2 Å². The van der Waals surface area contributed by atoms with Crippen molar-refractivity contribution in [1.82, 2.24) is 24.5 Å². The fourth-order valence-electron chi connectivity index (χ4n) is 3.42. The van der Waals surface area contributed by atoms with Gasteiger partial charge >= 0.3 is 0 Å². The molecule has 0 spiro atoms. The van der Waals surface area contributed by atoms with Crippen LogP contribution in [0.3, 0.4) is 0 Å². The summed E-state index contributed by atoms with van der Waals surface area (Å²) < 4.78 is 3.15. The van der Waals surface area contributed by atoms with Gasteiger partial charge in [-0.3, -0.25) is 9.59 Å². The summed E-state index contributed by atoms with van der Waals surface area (Å²) in [4.78, 5) is 26.6. The number of hydrogen-bond donors (Lipinski definition) is 0. The van der Waals surface area contributed by atoms with E-state index in [0.29, 0.717) is 31.4 Å². The number of rotatable bonds is 4. The fraction of sp³-hybridized carbons (Fsp3) is 0.300. The highest BCUT2D eigenvalue weighted by Gasteiger charge is 2.24. The summed E-state index contributed by atoms with van der Waals surface area (Å²) in [7, 11) is 0. The van der Waals surface area contributed by atoms with Crippen molar-refractivity contribution in [3.05, 3.63) is 76.8 Å². The molecule has 0 atom stereocenters. The Morgan fingerprint density at radius 3 is 2.52 bits per heavy atom. The molecule has 0 aliphatic carbocycles. The number of carbonyl (C=O) groups is 1. The molecule has 0 bridgehead atoms. The minimum atomic E-state index is -0.117. The maximum absolute atomic E-state index is 12.5. The molecule has 27 heavy (non-hydrogen) atoms. The summed E-state index contributed by atoms with van der Waals surface area (Å²) >= 11 is 0. The number of aromatic nitrogens is 4. The summed E-state index contributed by atoms with van der Waals surface area (Å²) in [5.74, 6) is 1.02. The second-order valence-electron chi connectivity index (χ2n) is 6.76. The Hall–Kier alpha value is -3.22. The van der Waals surface area contributed by atoms with Crippen LogP contribution in [-0.2, 0) is 6.54 Å². The molecule has 0 N–H and O–H groups in total. The molecule has 4 rings (SSSR count). The second-order valence-corrected chi connectivity index (χ2v) is 6.76. The van der Waals surface area contributed by atoms with E-state index in [1.165, 1.54) is 10.7 Å². The number of piperidine rings is 1. The van der Waals surface area contributed by atoms with Gasteiger partial charge in [-0.25, -0.2) is 9.36 Å². The van der Waals surface area contributed by atoms with E-state index in [2.05, 4.69) is 10.2 Å². The maximum Gasteiger partial charge on any atom is 0.266 e. The number of amides is 1. The van der Waals surface area contributed by atoms with Gasteiger partial charge in [0, 0.05) is 43.7 Å². The van der Waals surface area contributed by atoms with Crippen LogP contribution in [-0.4, -0.2) is 43.5 Å². The van der Waals surface area contributed by atoms with Crippen LogP contribution >= 0.6 is 0 Å². The highest BCUT2D eigenvalue weighted by molar-refractivity contribution is 5.94. The van der Waals surface area contributed by atoms with Gasteiger partial charge in [0.25, 0.3) is 11.5 Å². The zero-order chi connectivity index (χ0) is 18.6. The number of carbonyl (C=O) groups excluding carboxylic acids is 1. The normalized spacial score (nSPS) is 15.0. The summed E-state index contributed by atoms with van der Waals surface area (Å²) in [6.45, 7) is 1.96. The lowest BCUT2D eigenvalue weighted by Gasteiger charge is -2.32. The topological polar surface area (TPSA) is 73.0 Å². The zero-order valence-corrected chi connectivity index (χ0v) is 14.9. The monoisotopic (exact) mass is 363 g/mol. The lowest BCUT2D eigenvalue weighted by Crippen LogP contribution is -2.40. The van der Waals surface area contributed by atoms with Crippen LogP contribution in [0.25, 0.3) is 5.82 Å². The molecular formula is C20H21N5O2. The van der Waals surface area contributed by atoms with Gasteiger partial charge in [0.15, 0.2) is 5.82 Å². The molecule has 1 amide bonds. The standard InChI is InChI=1S/C20H21N5O2/c26-19-8-7-18(24-12-4-11-21-24)22-25(19)15-16-9-13-23(14-10-16)20(27)17-5-2-1-3-6-17/h1-8,11-12,16H,9-10,13-15H2. The maximum atomic E-state index is 12.5. The van der Waals surface area contributed by atoms with Gasteiger partial charge in [-0.2, -0.15) is 5.10 Å². The van der Waals surface area contributed by atoms with Crippen LogP contribution in [0.15, 0.2) is 65.7 Å². The highest BCUT2D eigenvalue weighted by atomic mass is 16.2. The number of hydrogen-bond acceptors (Lipinski definition) is 4. The lowest BCUT2D eigenvalue weighted by atomic mass is 9.96. The van der Waals surface area contributed by atoms with Gasteiger partial charge in [0.2, 0.25) is 0 Å². The van der Waals surface area contributed by atoms with Gasteiger partial charge in [-0.05, 0) is 43.0 Å². The van der Waals surface area contributed by atoms with E-state index in [9.17, 15) is 9.59 Å². The molecular weight excluding hydrogens is 342 g/mol. The van der Waals surface area contributed by atoms with Crippen LogP contribution in [0.1, 0.15) is 23.2 Å². The van der Waals surface area contributed by atoms with Crippen molar-refractivity contribution in [1.29, 1.82) is 0 Å². The molecule has 2 aromatic heterocycles. The summed E-state index contributed by atoms with van der Waals surface area (Å²) in [6, 6.07) is 14.4. The first-order valence-electron chi connectivity index (χ1n) is 9.13. The van der Waals surface area contributed by atoms with E-state index in [-0.39, 0.29) is 11.5 Å². The molecule has 7 heteroatoms.